The topological polar surface area (TPSA) is 122 Å². The third kappa shape index (κ3) is 3.36. The third-order valence-electron chi connectivity index (χ3n) is 4.02. The Hall–Kier alpha value is -2.56. The Bertz CT molecular complexity index is 600. The van der Waals surface area contributed by atoms with E-state index in [1.54, 1.807) is 0 Å². The van der Waals surface area contributed by atoms with Crippen molar-refractivity contribution in [1.29, 1.82) is 0 Å². The molecule has 8 nitrogen and oxygen atoms in total. The van der Waals surface area contributed by atoms with Gasteiger partial charge in [-0.2, -0.15) is 4.99 Å². The number of aliphatic imine (C=N–C) groups is 2. The summed E-state index contributed by atoms with van der Waals surface area (Å²) in [6.07, 6.45) is 5.40. The zero-order valence-corrected chi connectivity index (χ0v) is 11.6. The lowest BCUT2D eigenvalue weighted by Gasteiger charge is -2.36. The van der Waals surface area contributed by atoms with Gasteiger partial charge in [0.2, 0.25) is 12.2 Å². The fourth-order valence-electron chi connectivity index (χ4n) is 2.53. The molecule has 0 spiro atoms. The lowest BCUT2D eigenvalue weighted by molar-refractivity contribution is -0.151. The molecule has 0 aliphatic heterocycles. The van der Waals surface area contributed by atoms with Crippen LogP contribution < -0.4 is 0 Å². The number of carboxylic acid groups (broad SMARTS) is 1. The number of carboxylic acids is 1. The number of ether oxygens (including phenoxy) is 1. The van der Waals surface area contributed by atoms with Gasteiger partial charge < -0.3 is 9.84 Å². The van der Waals surface area contributed by atoms with E-state index in [1.807, 2.05) is 0 Å². The first-order valence-electron chi connectivity index (χ1n) is 6.86. The van der Waals surface area contributed by atoms with Gasteiger partial charge >= 0.3 is 11.9 Å². The smallest absolute Gasteiger partial charge is 0.334 e. The first kappa shape index (κ1) is 15.8. The molecule has 0 aromatic heterocycles. The summed E-state index contributed by atoms with van der Waals surface area (Å²) in [6.45, 7) is 0. The number of nitrogens with zero attached hydrogens (tertiary/aromatic N) is 2. The molecule has 116 valence electrons. The van der Waals surface area contributed by atoms with Crippen LogP contribution in [0.2, 0.25) is 0 Å². The minimum Gasteiger partial charge on any atom is -0.478 e. The molecule has 2 rings (SSSR count). The molecule has 0 heterocycles. The van der Waals surface area contributed by atoms with Crippen LogP contribution in [0.25, 0.3) is 0 Å². The number of aliphatic carboxylic acids is 1. The summed E-state index contributed by atoms with van der Waals surface area (Å²) >= 11 is 0. The van der Waals surface area contributed by atoms with Crippen molar-refractivity contribution in [2.45, 2.75) is 43.9 Å². The molecule has 1 N–H and O–H groups in total. The van der Waals surface area contributed by atoms with E-state index in [0.717, 1.165) is 6.08 Å². The first-order valence-corrected chi connectivity index (χ1v) is 6.86. The second kappa shape index (κ2) is 6.93. The Morgan fingerprint density at radius 3 is 2.14 bits per heavy atom. The molecule has 0 aromatic carbocycles. The number of esters is 1. The second-order valence-electron chi connectivity index (χ2n) is 5.22. The van der Waals surface area contributed by atoms with Crippen LogP contribution in [0.1, 0.15) is 25.7 Å². The van der Waals surface area contributed by atoms with Crippen LogP contribution in [0.15, 0.2) is 21.6 Å². The van der Waals surface area contributed by atoms with Crippen molar-refractivity contribution in [2.75, 3.05) is 0 Å². The predicted octanol–water partition coefficient (Wildman–Crippen LogP) is 0.522. The van der Waals surface area contributed by atoms with Gasteiger partial charge in [-0.25, -0.2) is 24.2 Å². The van der Waals surface area contributed by atoms with Crippen LogP contribution in [-0.2, 0) is 23.9 Å². The molecule has 0 radical (unpaired) electrons. The number of carbonyl (C=O) groups excluding carboxylic acids is 3. The van der Waals surface area contributed by atoms with Gasteiger partial charge in [0.05, 0.1) is 12.1 Å². The lowest BCUT2D eigenvalue weighted by Crippen LogP contribution is -2.42. The summed E-state index contributed by atoms with van der Waals surface area (Å²) in [5.74, 6) is -2.50. The maximum Gasteiger partial charge on any atom is 0.334 e. The van der Waals surface area contributed by atoms with Crippen molar-refractivity contribution in [3.63, 3.8) is 0 Å². The summed E-state index contributed by atoms with van der Waals surface area (Å²) < 4.78 is 5.21. The molecule has 4 atom stereocenters. The van der Waals surface area contributed by atoms with Gasteiger partial charge in [0.15, 0.2) is 0 Å². The van der Waals surface area contributed by atoms with E-state index in [4.69, 9.17) is 9.84 Å². The molecule has 0 aromatic rings. The fourth-order valence-corrected chi connectivity index (χ4v) is 2.53. The van der Waals surface area contributed by atoms with E-state index in [-0.39, 0.29) is 5.57 Å². The largest absolute Gasteiger partial charge is 0.478 e. The Labute approximate surface area is 125 Å². The van der Waals surface area contributed by atoms with Crippen molar-refractivity contribution >= 4 is 24.1 Å². The molecule has 2 aliphatic rings. The van der Waals surface area contributed by atoms with Crippen molar-refractivity contribution in [2.24, 2.45) is 15.9 Å². The zero-order valence-electron chi connectivity index (χ0n) is 11.6. The van der Waals surface area contributed by atoms with E-state index in [9.17, 15) is 19.2 Å². The monoisotopic (exact) mass is 306 g/mol. The summed E-state index contributed by atoms with van der Waals surface area (Å²) in [5.41, 5.74) is -0.0246. The fraction of sp³-hybridized carbons (Fsp3) is 0.571. The van der Waals surface area contributed by atoms with Gasteiger partial charge in [0, 0.05) is 17.6 Å². The average Bonchev–Trinajstić information content (AvgIpc) is 2.44. The molecule has 2 saturated carbocycles. The van der Waals surface area contributed by atoms with E-state index < -0.39 is 36.0 Å². The highest BCUT2D eigenvalue weighted by Crippen LogP contribution is 2.37. The number of rotatable bonds is 6. The van der Waals surface area contributed by atoms with Crippen molar-refractivity contribution < 1.29 is 29.0 Å². The summed E-state index contributed by atoms with van der Waals surface area (Å²) in [6, 6.07) is -0.862. The minimum absolute atomic E-state index is 0.0246. The SMILES string of the molecule is O=C=NC1CCC1OC(=O)C(=CC(=O)O)C1CCC1N=C=O. The van der Waals surface area contributed by atoms with Gasteiger partial charge in [-0.3, -0.25) is 0 Å². The number of hydrogen-bond donors (Lipinski definition) is 1. The van der Waals surface area contributed by atoms with Crippen LogP contribution >= 0.6 is 0 Å². The van der Waals surface area contributed by atoms with Crippen LogP contribution in [-0.4, -0.2) is 47.4 Å². The number of carbonyl (C=O) groups is 2. The molecule has 0 amide bonds. The highest BCUT2D eigenvalue weighted by molar-refractivity contribution is 5.96. The van der Waals surface area contributed by atoms with E-state index in [0.29, 0.717) is 25.7 Å². The summed E-state index contributed by atoms with van der Waals surface area (Å²) in [4.78, 5) is 50.7. The van der Waals surface area contributed by atoms with E-state index in [2.05, 4.69) is 9.98 Å². The maximum absolute atomic E-state index is 12.2. The van der Waals surface area contributed by atoms with Crippen LogP contribution in [0.5, 0.6) is 0 Å². The molecular formula is C14H14N2O6. The molecule has 0 bridgehead atoms. The molecule has 0 saturated heterocycles. The normalized spacial score (nSPS) is 29.9. The van der Waals surface area contributed by atoms with Gasteiger partial charge in [0.1, 0.15) is 6.10 Å². The first-order chi connectivity index (χ1) is 10.6. The number of hydrogen-bond acceptors (Lipinski definition) is 7. The highest BCUT2D eigenvalue weighted by Gasteiger charge is 2.40. The standard InChI is InChI=1S/C14H14N2O6/c17-6-15-10-2-1-8(10)9(5-13(19)20)14(21)22-12-4-3-11(12)16-7-18/h5,8,10-12H,1-4H2,(H,19,20). The van der Waals surface area contributed by atoms with Gasteiger partial charge in [-0.05, 0) is 25.7 Å². The Kier molecular flexibility index (Phi) is 4.99. The zero-order chi connectivity index (χ0) is 16.1. The van der Waals surface area contributed by atoms with Crippen LogP contribution in [0.4, 0.5) is 0 Å². The van der Waals surface area contributed by atoms with E-state index in [1.165, 1.54) is 12.2 Å². The summed E-state index contributed by atoms with van der Waals surface area (Å²) in [7, 11) is 0. The van der Waals surface area contributed by atoms with Crippen LogP contribution in [0.3, 0.4) is 0 Å². The van der Waals surface area contributed by atoms with Crippen molar-refractivity contribution in [1.82, 2.24) is 0 Å². The Morgan fingerprint density at radius 1 is 1.05 bits per heavy atom. The Morgan fingerprint density at radius 2 is 1.68 bits per heavy atom. The lowest BCUT2D eigenvalue weighted by atomic mass is 9.74. The Balaban J connectivity index is 2.09. The molecule has 22 heavy (non-hydrogen) atoms. The molecule has 8 heteroatoms. The average molecular weight is 306 g/mol. The summed E-state index contributed by atoms with van der Waals surface area (Å²) in [5, 5.41) is 8.90. The van der Waals surface area contributed by atoms with E-state index >= 15 is 0 Å². The van der Waals surface area contributed by atoms with Crippen molar-refractivity contribution in [3.05, 3.63) is 11.6 Å². The van der Waals surface area contributed by atoms with Crippen LogP contribution in [0, 0.1) is 5.92 Å². The predicted molar refractivity (Wildman–Crippen MR) is 71.4 cm³/mol. The quantitative estimate of drug-likeness (QED) is 0.330. The third-order valence-corrected chi connectivity index (χ3v) is 4.02. The number of isocyanates is 2. The van der Waals surface area contributed by atoms with Gasteiger partial charge in [0.25, 0.3) is 0 Å². The molecule has 2 aliphatic carbocycles. The maximum atomic E-state index is 12.2. The molecule has 4 unspecified atom stereocenters. The highest BCUT2D eigenvalue weighted by atomic mass is 16.5. The second-order valence-corrected chi connectivity index (χ2v) is 5.22. The minimum atomic E-state index is -1.27. The molecule has 2 fully saturated rings. The van der Waals surface area contributed by atoms with Gasteiger partial charge in [-0.1, -0.05) is 0 Å². The van der Waals surface area contributed by atoms with Crippen molar-refractivity contribution in [3.8, 4) is 0 Å². The van der Waals surface area contributed by atoms with Gasteiger partial charge in [-0.15, -0.1) is 0 Å². The molecular weight excluding hydrogens is 292 g/mol.